The van der Waals surface area contributed by atoms with Crippen LogP contribution in [0.1, 0.15) is 27.6 Å². The van der Waals surface area contributed by atoms with Crippen molar-refractivity contribution in [3.05, 3.63) is 72.3 Å². The molecule has 0 aromatic heterocycles. The molecule has 0 aliphatic rings. The number of benzene rings is 2. The normalized spacial score (nSPS) is 9.40. The number of hydrogen-bond acceptors (Lipinski definition) is 6. The van der Waals surface area contributed by atoms with Crippen molar-refractivity contribution in [1.29, 1.82) is 0 Å². The lowest BCUT2D eigenvalue weighted by molar-refractivity contribution is 0.0519. The molecule has 0 spiro atoms. The van der Waals surface area contributed by atoms with Crippen LogP contribution in [-0.2, 0) is 9.47 Å². The van der Waals surface area contributed by atoms with E-state index in [2.05, 4.69) is 31.8 Å². The quantitative estimate of drug-likeness (QED) is 0.459. The van der Waals surface area contributed by atoms with Gasteiger partial charge < -0.3 is 9.47 Å². The molecule has 0 N–H and O–H groups in total. The van der Waals surface area contributed by atoms with Crippen LogP contribution in [-0.4, -0.2) is 25.2 Å². The summed E-state index contributed by atoms with van der Waals surface area (Å²) >= 11 is 8.26. The lowest BCUT2D eigenvalue weighted by atomic mass is 10.2. The maximum Gasteiger partial charge on any atom is 0.339 e. The van der Waals surface area contributed by atoms with Gasteiger partial charge in [0.2, 0.25) is 0 Å². The predicted molar refractivity (Wildman–Crippen MR) is 104 cm³/mol. The highest BCUT2D eigenvalue weighted by Gasteiger charge is 2.09. The van der Waals surface area contributed by atoms with Crippen LogP contribution < -0.4 is 0 Å². The van der Waals surface area contributed by atoms with Gasteiger partial charge in [-0.05, 0) is 31.2 Å². The van der Waals surface area contributed by atoms with Crippen LogP contribution in [0.25, 0.3) is 0 Å². The number of carbonyl (C=O) groups excluding carboxylic acids is 2. The first-order chi connectivity index (χ1) is 12.0. The molecule has 25 heavy (non-hydrogen) atoms. The van der Waals surface area contributed by atoms with Crippen molar-refractivity contribution in [3.8, 4) is 0 Å². The molecule has 0 fully saturated rings. The topological polar surface area (TPSA) is 52.6 Å². The summed E-state index contributed by atoms with van der Waals surface area (Å²) in [7, 11) is 0. The minimum atomic E-state index is -0.370. The molecule has 0 unspecified atom stereocenters. The van der Waals surface area contributed by atoms with Crippen molar-refractivity contribution >= 4 is 37.2 Å². The second-order valence-electron chi connectivity index (χ2n) is 4.64. The van der Waals surface area contributed by atoms with E-state index >= 15 is 0 Å². The number of rotatable bonds is 5. The van der Waals surface area contributed by atoms with E-state index in [9.17, 15) is 9.59 Å². The zero-order chi connectivity index (χ0) is 18.7. The number of esters is 2. The van der Waals surface area contributed by atoms with Gasteiger partial charge in [-0.2, -0.15) is 0 Å². The minimum Gasteiger partial charge on any atom is -0.462 e. The monoisotopic (exact) mass is 376 g/mol. The summed E-state index contributed by atoms with van der Waals surface area (Å²) in [6, 6.07) is 14.1. The standard InChI is InChI=1S/C10H10O2S.C9H10O2S/c1-2-7-12-10(11)8-5-3-4-6-9(8)13;1-2-11-9(10)7-5-3-4-6-8(7)12/h2-6,13H,1,7H2;3-6,12H,2H2,1H3. The van der Waals surface area contributed by atoms with Crippen molar-refractivity contribution < 1.29 is 19.1 Å². The maximum absolute atomic E-state index is 11.3. The third-order valence-electron chi connectivity index (χ3n) is 2.86. The van der Waals surface area contributed by atoms with Gasteiger partial charge in [-0.15, -0.1) is 25.3 Å². The van der Waals surface area contributed by atoms with E-state index in [1.807, 2.05) is 12.1 Å². The van der Waals surface area contributed by atoms with E-state index in [0.29, 0.717) is 27.5 Å². The molecule has 0 saturated heterocycles. The van der Waals surface area contributed by atoms with Crippen LogP contribution >= 0.6 is 25.3 Å². The summed E-state index contributed by atoms with van der Waals surface area (Å²) < 4.78 is 9.67. The molecule has 4 nitrogen and oxygen atoms in total. The third-order valence-corrected chi connectivity index (χ3v) is 3.64. The van der Waals surface area contributed by atoms with Gasteiger partial charge in [-0.3, -0.25) is 0 Å². The molecule has 0 amide bonds. The summed E-state index contributed by atoms with van der Waals surface area (Å²) in [6.45, 7) is 5.84. The largest absolute Gasteiger partial charge is 0.462 e. The van der Waals surface area contributed by atoms with Crippen LogP contribution in [0, 0.1) is 0 Å². The third kappa shape index (κ3) is 7.07. The second-order valence-corrected chi connectivity index (χ2v) is 5.61. The highest BCUT2D eigenvalue weighted by Crippen LogP contribution is 2.14. The first kappa shape index (κ1) is 20.9. The Hall–Kier alpha value is -2.18. The number of carbonyl (C=O) groups is 2. The van der Waals surface area contributed by atoms with Gasteiger partial charge in [0, 0.05) is 9.79 Å². The van der Waals surface area contributed by atoms with Crippen molar-refractivity contribution in [2.75, 3.05) is 13.2 Å². The Bertz CT molecular complexity index is 729. The molecule has 0 bridgehead atoms. The van der Waals surface area contributed by atoms with Crippen molar-refractivity contribution in [1.82, 2.24) is 0 Å². The molecule has 2 aromatic rings. The smallest absolute Gasteiger partial charge is 0.339 e. The van der Waals surface area contributed by atoms with Gasteiger partial charge in [0.1, 0.15) is 6.61 Å². The SMILES string of the molecule is C=CCOC(=O)c1ccccc1S.CCOC(=O)c1ccccc1S. The zero-order valence-electron chi connectivity index (χ0n) is 13.8. The Morgan fingerprint density at radius 3 is 1.76 bits per heavy atom. The molecule has 2 aromatic carbocycles. The molecule has 0 heterocycles. The first-order valence-electron chi connectivity index (χ1n) is 7.52. The fourth-order valence-electron chi connectivity index (χ4n) is 1.71. The van der Waals surface area contributed by atoms with Crippen LogP contribution in [0.15, 0.2) is 71.0 Å². The van der Waals surface area contributed by atoms with E-state index < -0.39 is 0 Å². The van der Waals surface area contributed by atoms with Crippen molar-refractivity contribution in [2.45, 2.75) is 16.7 Å². The van der Waals surface area contributed by atoms with Gasteiger partial charge in [0.25, 0.3) is 0 Å². The highest BCUT2D eigenvalue weighted by molar-refractivity contribution is 7.80. The molecular weight excluding hydrogens is 356 g/mol. The number of hydrogen-bond donors (Lipinski definition) is 2. The summed E-state index contributed by atoms with van der Waals surface area (Å²) in [6.07, 6.45) is 1.53. The predicted octanol–water partition coefficient (Wildman–Crippen LogP) is 4.47. The average molecular weight is 376 g/mol. The summed E-state index contributed by atoms with van der Waals surface area (Å²) in [5.74, 6) is -0.686. The van der Waals surface area contributed by atoms with Gasteiger partial charge in [-0.1, -0.05) is 36.9 Å². The summed E-state index contributed by atoms with van der Waals surface area (Å²) in [5, 5.41) is 0. The molecule has 0 radical (unpaired) electrons. The molecule has 132 valence electrons. The fourth-order valence-corrected chi connectivity index (χ4v) is 2.22. The van der Waals surface area contributed by atoms with Crippen molar-refractivity contribution in [3.63, 3.8) is 0 Å². The Morgan fingerprint density at radius 2 is 1.36 bits per heavy atom. The Morgan fingerprint density at radius 1 is 0.920 bits per heavy atom. The lowest BCUT2D eigenvalue weighted by Gasteiger charge is -2.03. The molecule has 6 heteroatoms. The molecule has 0 aliphatic carbocycles. The van der Waals surface area contributed by atoms with Crippen LogP contribution in [0.3, 0.4) is 0 Å². The van der Waals surface area contributed by atoms with Crippen LogP contribution in [0.2, 0.25) is 0 Å². The lowest BCUT2D eigenvalue weighted by Crippen LogP contribution is -2.05. The summed E-state index contributed by atoms with van der Waals surface area (Å²) in [4.78, 5) is 23.8. The zero-order valence-corrected chi connectivity index (χ0v) is 15.6. The Kier molecular flexibility index (Phi) is 9.50. The Labute approximate surface area is 158 Å². The molecular formula is C19H20O4S2. The fraction of sp³-hybridized carbons (Fsp3) is 0.158. The molecule has 0 atom stereocenters. The van der Waals surface area contributed by atoms with Gasteiger partial charge >= 0.3 is 11.9 Å². The first-order valence-corrected chi connectivity index (χ1v) is 8.41. The van der Waals surface area contributed by atoms with E-state index in [-0.39, 0.29) is 18.5 Å². The molecule has 2 rings (SSSR count). The van der Waals surface area contributed by atoms with E-state index in [4.69, 9.17) is 9.47 Å². The summed E-state index contributed by atoms with van der Waals surface area (Å²) in [5.41, 5.74) is 0.996. The van der Waals surface area contributed by atoms with Crippen LogP contribution in [0.5, 0.6) is 0 Å². The number of ether oxygens (including phenoxy) is 2. The molecule has 0 saturated carbocycles. The highest BCUT2D eigenvalue weighted by atomic mass is 32.1. The second kappa shape index (κ2) is 11.4. The average Bonchev–Trinajstić information content (AvgIpc) is 2.61. The van der Waals surface area contributed by atoms with E-state index in [1.54, 1.807) is 43.3 Å². The maximum atomic E-state index is 11.3. The van der Waals surface area contributed by atoms with Crippen LogP contribution in [0.4, 0.5) is 0 Å². The Balaban J connectivity index is 0.000000251. The number of thiol groups is 2. The van der Waals surface area contributed by atoms with Gasteiger partial charge in [0.15, 0.2) is 0 Å². The van der Waals surface area contributed by atoms with Gasteiger partial charge in [-0.25, -0.2) is 9.59 Å². The molecule has 0 aliphatic heterocycles. The minimum absolute atomic E-state index is 0.223. The van der Waals surface area contributed by atoms with E-state index in [0.717, 1.165) is 0 Å². The van der Waals surface area contributed by atoms with E-state index in [1.165, 1.54) is 6.08 Å². The van der Waals surface area contributed by atoms with Gasteiger partial charge in [0.05, 0.1) is 17.7 Å². The van der Waals surface area contributed by atoms with Crippen molar-refractivity contribution in [2.24, 2.45) is 0 Å².